The first kappa shape index (κ1) is 8.92. The molecule has 0 radical (unpaired) electrons. The first-order valence-corrected chi connectivity index (χ1v) is 3.01. The molecule has 10 heavy (non-hydrogen) atoms. The molecular formula is C9H13N. The molecular weight excluding hydrogens is 122 g/mol. The lowest BCUT2D eigenvalue weighted by molar-refractivity contribution is 1.58. The van der Waals surface area contributed by atoms with Crippen LogP contribution in [0.15, 0.2) is 36.9 Å². The summed E-state index contributed by atoms with van der Waals surface area (Å²) in [4.78, 5) is 0. The molecule has 0 heterocycles. The Bertz CT molecular complexity index is 201. The molecule has 0 saturated carbocycles. The van der Waals surface area contributed by atoms with E-state index in [0.29, 0.717) is 0 Å². The third-order valence-corrected chi connectivity index (χ3v) is 1.27. The highest BCUT2D eigenvalue weighted by Crippen LogP contribution is 2.08. The maximum Gasteiger partial charge on any atom is -0.0233 e. The van der Waals surface area contributed by atoms with E-state index in [9.17, 15) is 0 Å². The van der Waals surface area contributed by atoms with E-state index >= 15 is 0 Å². The maximum atomic E-state index is 3.83. The van der Waals surface area contributed by atoms with Crippen LogP contribution in [0.2, 0.25) is 0 Å². The first-order chi connectivity index (χ1) is 4.30. The standard InChI is InChI=1S/C9H10.H3N/c1-8(2)9-6-4-3-5-7-9;/h3-7H,1H2,2H3;1H3. The highest BCUT2D eigenvalue weighted by atomic mass is 14.0. The molecule has 0 unspecified atom stereocenters. The molecule has 0 aliphatic carbocycles. The highest BCUT2D eigenvalue weighted by Gasteiger charge is 1.86. The molecule has 0 saturated heterocycles. The summed E-state index contributed by atoms with van der Waals surface area (Å²) in [5.41, 5.74) is 2.34. The van der Waals surface area contributed by atoms with E-state index in [4.69, 9.17) is 0 Å². The normalized spacial score (nSPS) is 8.10. The van der Waals surface area contributed by atoms with Gasteiger partial charge in [-0.05, 0) is 12.5 Å². The second kappa shape index (κ2) is 3.85. The minimum absolute atomic E-state index is 0. The number of benzene rings is 1. The molecule has 0 amide bonds. The van der Waals surface area contributed by atoms with Gasteiger partial charge in [0.05, 0.1) is 0 Å². The van der Waals surface area contributed by atoms with E-state index in [1.807, 2.05) is 25.1 Å². The first-order valence-electron chi connectivity index (χ1n) is 3.01. The summed E-state index contributed by atoms with van der Waals surface area (Å²) < 4.78 is 0. The molecule has 1 heteroatoms. The fraction of sp³-hybridized carbons (Fsp3) is 0.111. The Morgan fingerprint density at radius 2 is 1.70 bits per heavy atom. The van der Waals surface area contributed by atoms with Crippen LogP contribution >= 0.6 is 0 Å². The Hall–Kier alpha value is -1.08. The molecule has 0 aliphatic rings. The Morgan fingerprint density at radius 1 is 1.20 bits per heavy atom. The van der Waals surface area contributed by atoms with Gasteiger partial charge in [-0.15, -0.1) is 0 Å². The van der Waals surface area contributed by atoms with E-state index in [2.05, 4.69) is 18.7 Å². The van der Waals surface area contributed by atoms with Gasteiger partial charge in [-0.1, -0.05) is 42.5 Å². The zero-order valence-electron chi connectivity index (χ0n) is 6.30. The Labute approximate surface area is 62.0 Å². The van der Waals surface area contributed by atoms with Gasteiger partial charge in [-0.3, -0.25) is 0 Å². The van der Waals surface area contributed by atoms with Gasteiger partial charge in [0.15, 0.2) is 0 Å². The van der Waals surface area contributed by atoms with Crippen LogP contribution in [-0.2, 0) is 0 Å². The van der Waals surface area contributed by atoms with Gasteiger partial charge in [0, 0.05) is 0 Å². The zero-order valence-corrected chi connectivity index (χ0v) is 6.30. The second-order valence-corrected chi connectivity index (χ2v) is 2.15. The van der Waals surface area contributed by atoms with Crippen molar-refractivity contribution in [2.24, 2.45) is 0 Å². The van der Waals surface area contributed by atoms with Gasteiger partial charge < -0.3 is 6.15 Å². The maximum absolute atomic E-state index is 3.83. The van der Waals surface area contributed by atoms with Crippen LogP contribution in [0.25, 0.3) is 5.57 Å². The fourth-order valence-electron chi connectivity index (χ4n) is 0.723. The van der Waals surface area contributed by atoms with Crippen LogP contribution in [0.1, 0.15) is 12.5 Å². The number of rotatable bonds is 1. The molecule has 0 spiro atoms. The summed E-state index contributed by atoms with van der Waals surface area (Å²) in [5, 5.41) is 0. The summed E-state index contributed by atoms with van der Waals surface area (Å²) in [5.74, 6) is 0. The van der Waals surface area contributed by atoms with Crippen molar-refractivity contribution >= 4 is 5.57 Å². The van der Waals surface area contributed by atoms with Gasteiger partial charge >= 0.3 is 0 Å². The summed E-state index contributed by atoms with van der Waals surface area (Å²) in [6.07, 6.45) is 0. The molecule has 0 atom stereocenters. The minimum atomic E-state index is 0. The molecule has 0 aliphatic heterocycles. The molecule has 54 valence electrons. The topological polar surface area (TPSA) is 35.0 Å². The van der Waals surface area contributed by atoms with Crippen molar-refractivity contribution in [3.05, 3.63) is 42.5 Å². The summed E-state index contributed by atoms with van der Waals surface area (Å²) in [6.45, 7) is 5.83. The molecule has 0 fully saturated rings. The summed E-state index contributed by atoms with van der Waals surface area (Å²) in [6, 6.07) is 10.2. The quantitative estimate of drug-likeness (QED) is 0.631. The monoisotopic (exact) mass is 135 g/mol. The van der Waals surface area contributed by atoms with E-state index in [1.54, 1.807) is 0 Å². The third-order valence-electron chi connectivity index (χ3n) is 1.27. The van der Waals surface area contributed by atoms with Crippen molar-refractivity contribution in [1.29, 1.82) is 0 Å². The van der Waals surface area contributed by atoms with Gasteiger partial charge in [0.2, 0.25) is 0 Å². The summed E-state index contributed by atoms with van der Waals surface area (Å²) in [7, 11) is 0. The average Bonchev–Trinajstić information content (AvgIpc) is 1.90. The smallest absolute Gasteiger partial charge is 0.0233 e. The second-order valence-electron chi connectivity index (χ2n) is 2.15. The third kappa shape index (κ3) is 2.03. The minimum Gasteiger partial charge on any atom is -0.344 e. The zero-order chi connectivity index (χ0) is 6.69. The number of hydrogen-bond acceptors (Lipinski definition) is 1. The van der Waals surface area contributed by atoms with Gasteiger partial charge in [0.25, 0.3) is 0 Å². The highest BCUT2D eigenvalue weighted by molar-refractivity contribution is 5.60. The number of hydrogen-bond donors (Lipinski definition) is 1. The molecule has 3 N–H and O–H groups in total. The Kier molecular flexibility index (Phi) is 3.44. The summed E-state index contributed by atoms with van der Waals surface area (Å²) >= 11 is 0. The van der Waals surface area contributed by atoms with Crippen molar-refractivity contribution in [3.63, 3.8) is 0 Å². The SMILES string of the molecule is C=C(C)c1ccccc1.N. The van der Waals surface area contributed by atoms with Crippen molar-refractivity contribution in [2.45, 2.75) is 6.92 Å². The lowest BCUT2D eigenvalue weighted by atomic mass is 10.1. The van der Waals surface area contributed by atoms with E-state index in [1.165, 1.54) is 5.56 Å². The van der Waals surface area contributed by atoms with Gasteiger partial charge in [-0.25, -0.2) is 0 Å². The van der Waals surface area contributed by atoms with E-state index in [-0.39, 0.29) is 6.15 Å². The van der Waals surface area contributed by atoms with Crippen LogP contribution in [0.4, 0.5) is 0 Å². The van der Waals surface area contributed by atoms with Crippen LogP contribution in [-0.4, -0.2) is 0 Å². The number of allylic oxidation sites excluding steroid dienone is 1. The lowest BCUT2D eigenvalue weighted by Gasteiger charge is -1.94. The molecule has 1 aromatic rings. The van der Waals surface area contributed by atoms with Gasteiger partial charge in [0.1, 0.15) is 0 Å². The van der Waals surface area contributed by atoms with Crippen molar-refractivity contribution in [2.75, 3.05) is 0 Å². The lowest BCUT2D eigenvalue weighted by Crippen LogP contribution is -1.72. The van der Waals surface area contributed by atoms with E-state index in [0.717, 1.165) is 5.57 Å². The van der Waals surface area contributed by atoms with Crippen molar-refractivity contribution in [3.8, 4) is 0 Å². The van der Waals surface area contributed by atoms with E-state index < -0.39 is 0 Å². The van der Waals surface area contributed by atoms with Crippen molar-refractivity contribution in [1.82, 2.24) is 6.15 Å². The Balaban J connectivity index is 0.000000810. The van der Waals surface area contributed by atoms with Crippen LogP contribution < -0.4 is 6.15 Å². The largest absolute Gasteiger partial charge is 0.344 e. The fourth-order valence-corrected chi connectivity index (χ4v) is 0.723. The van der Waals surface area contributed by atoms with Crippen LogP contribution in [0.5, 0.6) is 0 Å². The molecule has 1 nitrogen and oxygen atoms in total. The Morgan fingerprint density at radius 3 is 2.00 bits per heavy atom. The molecule has 0 aromatic heterocycles. The predicted molar refractivity (Wildman–Crippen MR) is 46.2 cm³/mol. The predicted octanol–water partition coefficient (Wildman–Crippen LogP) is 2.88. The molecule has 0 bridgehead atoms. The molecule has 1 rings (SSSR count). The average molecular weight is 135 g/mol. The van der Waals surface area contributed by atoms with Gasteiger partial charge in [-0.2, -0.15) is 0 Å². The molecule has 1 aromatic carbocycles. The van der Waals surface area contributed by atoms with Crippen LogP contribution in [0.3, 0.4) is 0 Å². The van der Waals surface area contributed by atoms with Crippen LogP contribution in [0, 0.1) is 0 Å². The van der Waals surface area contributed by atoms with Crippen molar-refractivity contribution < 1.29 is 0 Å².